The van der Waals surface area contributed by atoms with Gasteiger partial charge in [0.2, 0.25) is 0 Å². The molecule has 2 atom stereocenters. The molecule has 2 fully saturated rings. The van der Waals surface area contributed by atoms with E-state index in [0.717, 1.165) is 19.3 Å². The summed E-state index contributed by atoms with van der Waals surface area (Å²) in [6, 6.07) is 0. The fraction of sp³-hybridized carbons (Fsp3) is 0.700. The summed E-state index contributed by atoms with van der Waals surface area (Å²) in [5.41, 5.74) is 2.32. The molecule has 4 heteroatoms. The highest BCUT2D eigenvalue weighted by atomic mass is 16.6. The van der Waals surface area contributed by atoms with Gasteiger partial charge in [-0.25, -0.2) is 0 Å². The molecule has 2 aliphatic rings. The van der Waals surface area contributed by atoms with Crippen molar-refractivity contribution in [3.8, 4) is 0 Å². The number of hydrogen-bond acceptors (Lipinski definition) is 3. The highest BCUT2D eigenvalue weighted by Crippen LogP contribution is 2.43. The Kier molecular flexibility index (Phi) is 2.17. The summed E-state index contributed by atoms with van der Waals surface area (Å²) >= 11 is 0. The minimum Gasteiger partial charge on any atom is -0.365 e. The zero-order valence-corrected chi connectivity index (χ0v) is 7.99. The monoisotopic (exact) mass is 195 g/mol. The molecule has 4 nitrogen and oxygen atoms in total. The SMILES string of the molecule is C=C=C1CO[C@@H]2CCCC[C@]12[N+](=O)[O-]. The molecule has 1 aliphatic heterocycles. The maximum atomic E-state index is 11.2. The fourth-order valence-corrected chi connectivity index (χ4v) is 2.52. The van der Waals surface area contributed by atoms with Crippen molar-refractivity contribution in [1.82, 2.24) is 0 Å². The van der Waals surface area contributed by atoms with Gasteiger partial charge in [-0.2, -0.15) is 0 Å². The largest absolute Gasteiger partial charge is 0.365 e. The molecule has 0 bridgehead atoms. The molecule has 1 saturated heterocycles. The topological polar surface area (TPSA) is 52.4 Å². The molecule has 0 aromatic rings. The minimum absolute atomic E-state index is 0.197. The van der Waals surface area contributed by atoms with Crippen LogP contribution in [0.25, 0.3) is 0 Å². The molecule has 1 saturated carbocycles. The second kappa shape index (κ2) is 3.23. The summed E-state index contributed by atoms with van der Waals surface area (Å²) in [5, 5.41) is 11.2. The molecular formula is C10H13NO3. The van der Waals surface area contributed by atoms with Crippen LogP contribution in [-0.2, 0) is 4.74 Å². The summed E-state index contributed by atoms with van der Waals surface area (Å²) in [6.45, 7) is 3.84. The first-order valence-corrected chi connectivity index (χ1v) is 4.87. The van der Waals surface area contributed by atoms with Gasteiger partial charge in [-0.1, -0.05) is 13.0 Å². The molecule has 1 heterocycles. The Labute approximate surface area is 82.4 Å². The van der Waals surface area contributed by atoms with Crippen molar-refractivity contribution in [2.45, 2.75) is 37.3 Å². The van der Waals surface area contributed by atoms with E-state index in [1.165, 1.54) is 0 Å². The molecule has 0 radical (unpaired) electrons. The predicted molar refractivity (Wildman–Crippen MR) is 50.6 cm³/mol. The standard InChI is InChI=1S/C10H13NO3/c1-2-8-7-14-9-5-3-4-6-10(8,9)11(12)13/h9H,1,3-7H2/t9-,10+/m1/s1. The van der Waals surface area contributed by atoms with Crippen LogP contribution in [0, 0.1) is 10.1 Å². The van der Waals surface area contributed by atoms with Crippen LogP contribution < -0.4 is 0 Å². The van der Waals surface area contributed by atoms with Crippen LogP contribution >= 0.6 is 0 Å². The van der Waals surface area contributed by atoms with E-state index in [9.17, 15) is 10.1 Å². The molecule has 0 N–H and O–H groups in total. The van der Waals surface area contributed by atoms with E-state index in [-0.39, 0.29) is 11.0 Å². The zero-order valence-electron chi connectivity index (χ0n) is 7.99. The number of nitrogens with zero attached hydrogens (tertiary/aromatic N) is 1. The summed E-state index contributed by atoms with van der Waals surface area (Å²) in [5.74, 6) is 0. The van der Waals surface area contributed by atoms with Gasteiger partial charge in [0.15, 0.2) is 0 Å². The van der Waals surface area contributed by atoms with Crippen LogP contribution in [0.3, 0.4) is 0 Å². The highest BCUT2D eigenvalue weighted by molar-refractivity contribution is 5.24. The molecule has 1 aliphatic carbocycles. The third-order valence-electron chi connectivity index (χ3n) is 3.30. The Morgan fingerprint density at radius 3 is 3.07 bits per heavy atom. The van der Waals surface area contributed by atoms with E-state index in [0.29, 0.717) is 18.6 Å². The maximum Gasteiger partial charge on any atom is 0.278 e. The minimum atomic E-state index is -1.00. The van der Waals surface area contributed by atoms with Crippen molar-refractivity contribution in [3.63, 3.8) is 0 Å². The van der Waals surface area contributed by atoms with Crippen molar-refractivity contribution in [1.29, 1.82) is 0 Å². The molecule has 2 rings (SSSR count). The lowest BCUT2D eigenvalue weighted by atomic mass is 9.77. The zero-order chi connectivity index (χ0) is 10.2. The van der Waals surface area contributed by atoms with Gasteiger partial charge in [-0.15, -0.1) is 5.73 Å². The van der Waals surface area contributed by atoms with Gasteiger partial charge < -0.3 is 4.74 Å². The Hall–Kier alpha value is -1.12. The number of hydrogen-bond donors (Lipinski definition) is 0. The van der Waals surface area contributed by atoms with Crippen molar-refractivity contribution in [2.24, 2.45) is 0 Å². The lowest BCUT2D eigenvalue weighted by molar-refractivity contribution is -0.568. The number of rotatable bonds is 1. The van der Waals surface area contributed by atoms with Crippen molar-refractivity contribution >= 4 is 0 Å². The quantitative estimate of drug-likeness (QED) is 0.363. The first kappa shape index (κ1) is 9.44. The molecule has 0 aromatic heterocycles. The van der Waals surface area contributed by atoms with E-state index in [4.69, 9.17) is 4.74 Å². The Bertz CT molecular complexity index is 319. The Morgan fingerprint density at radius 1 is 1.64 bits per heavy atom. The summed E-state index contributed by atoms with van der Waals surface area (Å²) in [6.07, 6.45) is 3.02. The van der Waals surface area contributed by atoms with Crippen molar-refractivity contribution < 1.29 is 9.66 Å². The number of nitro groups is 1. The van der Waals surface area contributed by atoms with Crippen LogP contribution in [0.4, 0.5) is 0 Å². The molecule has 0 unspecified atom stereocenters. The van der Waals surface area contributed by atoms with E-state index in [2.05, 4.69) is 12.3 Å². The van der Waals surface area contributed by atoms with Gasteiger partial charge in [-0.05, 0) is 12.8 Å². The normalized spacial score (nSPS) is 36.3. The van der Waals surface area contributed by atoms with E-state index in [1.807, 2.05) is 0 Å². The first-order chi connectivity index (χ1) is 6.71. The third kappa shape index (κ3) is 1.04. The van der Waals surface area contributed by atoms with Crippen molar-refractivity contribution in [2.75, 3.05) is 6.61 Å². The van der Waals surface area contributed by atoms with Gasteiger partial charge in [-0.3, -0.25) is 10.1 Å². The van der Waals surface area contributed by atoms with Gasteiger partial charge >= 0.3 is 0 Å². The maximum absolute atomic E-state index is 11.2. The van der Waals surface area contributed by atoms with E-state index >= 15 is 0 Å². The average Bonchev–Trinajstić information content (AvgIpc) is 2.57. The van der Waals surface area contributed by atoms with Gasteiger partial charge in [0.05, 0.1) is 12.2 Å². The first-order valence-electron chi connectivity index (χ1n) is 4.87. The highest BCUT2D eigenvalue weighted by Gasteiger charge is 2.59. The Balaban J connectivity index is 2.45. The molecule has 76 valence electrons. The van der Waals surface area contributed by atoms with Crippen LogP contribution in [0.15, 0.2) is 17.9 Å². The lowest BCUT2D eigenvalue weighted by Crippen LogP contribution is -2.49. The van der Waals surface area contributed by atoms with Gasteiger partial charge in [0.1, 0.15) is 6.10 Å². The third-order valence-corrected chi connectivity index (χ3v) is 3.30. The second-order valence-corrected chi connectivity index (χ2v) is 3.88. The number of ether oxygens (including phenoxy) is 1. The van der Waals surface area contributed by atoms with Crippen LogP contribution in [0.1, 0.15) is 25.7 Å². The molecular weight excluding hydrogens is 182 g/mol. The molecule has 0 spiro atoms. The second-order valence-electron chi connectivity index (χ2n) is 3.88. The van der Waals surface area contributed by atoms with Crippen LogP contribution in [-0.4, -0.2) is 23.2 Å². The van der Waals surface area contributed by atoms with Gasteiger partial charge in [0.25, 0.3) is 5.54 Å². The van der Waals surface area contributed by atoms with Crippen LogP contribution in [0.2, 0.25) is 0 Å². The van der Waals surface area contributed by atoms with E-state index < -0.39 is 5.54 Å². The molecule has 0 aromatic carbocycles. The summed E-state index contributed by atoms with van der Waals surface area (Å²) in [4.78, 5) is 11.0. The fourth-order valence-electron chi connectivity index (χ4n) is 2.52. The van der Waals surface area contributed by atoms with Crippen molar-refractivity contribution in [3.05, 3.63) is 28.0 Å². The van der Waals surface area contributed by atoms with E-state index in [1.54, 1.807) is 0 Å². The average molecular weight is 195 g/mol. The molecule has 14 heavy (non-hydrogen) atoms. The molecule has 0 amide bonds. The smallest absolute Gasteiger partial charge is 0.278 e. The summed E-state index contributed by atoms with van der Waals surface area (Å²) < 4.78 is 5.44. The predicted octanol–water partition coefficient (Wildman–Crippen LogP) is 1.69. The lowest BCUT2D eigenvalue weighted by Gasteiger charge is -2.29. The van der Waals surface area contributed by atoms with Crippen LogP contribution in [0.5, 0.6) is 0 Å². The number of fused-ring (bicyclic) bond motifs is 1. The summed E-state index contributed by atoms with van der Waals surface area (Å²) in [7, 11) is 0. The Morgan fingerprint density at radius 2 is 2.43 bits per heavy atom. The van der Waals surface area contributed by atoms with Gasteiger partial charge in [0, 0.05) is 11.3 Å².